The summed E-state index contributed by atoms with van der Waals surface area (Å²) in [6.07, 6.45) is 4.29. The maximum Gasteiger partial charge on any atom is 0.212 e. The zero-order valence-corrected chi connectivity index (χ0v) is 15.1. The molecule has 26 heavy (non-hydrogen) atoms. The maximum atomic E-state index is 13.3. The van der Waals surface area contributed by atoms with Crippen molar-refractivity contribution in [3.05, 3.63) is 76.6 Å². The van der Waals surface area contributed by atoms with Crippen LogP contribution in [-0.2, 0) is 4.74 Å². The number of para-hydroxylation sites is 1. The largest absolute Gasteiger partial charge is 0.373 e. The first-order valence-electron chi connectivity index (χ1n) is 9.23. The molecule has 2 aliphatic rings. The Labute approximate surface area is 153 Å². The summed E-state index contributed by atoms with van der Waals surface area (Å²) < 4.78 is 8.09. The van der Waals surface area contributed by atoms with Gasteiger partial charge >= 0.3 is 0 Å². The van der Waals surface area contributed by atoms with Gasteiger partial charge in [-0.2, -0.15) is 0 Å². The SMILES string of the molecule is Cc1ccc(-c2c(C3CCCO3)cn3c2C(=O)c2cccc(C)c2-3)cc1. The van der Waals surface area contributed by atoms with Crippen LogP contribution in [0.15, 0.2) is 48.7 Å². The van der Waals surface area contributed by atoms with E-state index < -0.39 is 0 Å². The van der Waals surface area contributed by atoms with Gasteiger partial charge in [0.25, 0.3) is 0 Å². The molecule has 1 aromatic heterocycles. The second kappa shape index (κ2) is 5.68. The van der Waals surface area contributed by atoms with E-state index in [2.05, 4.69) is 54.9 Å². The van der Waals surface area contributed by atoms with E-state index in [4.69, 9.17) is 4.74 Å². The van der Waals surface area contributed by atoms with Crippen molar-refractivity contribution in [3.8, 4) is 16.8 Å². The molecule has 0 aliphatic carbocycles. The quantitative estimate of drug-likeness (QED) is 0.503. The molecule has 1 atom stereocenters. The lowest BCUT2D eigenvalue weighted by atomic mass is 9.94. The van der Waals surface area contributed by atoms with E-state index in [9.17, 15) is 4.79 Å². The van der Waals surface area contributed by atoms with Crippen molar-refractivity contribution in [1.29, 1.82) is 0 Å². The first-order chi connectivity index (χ1) is 12.6. The highest BCUT2D eigenvalue weighted by Crippen LogP contribution is 2.44. The van der Waals surface area contributed by atoms with Crippen LogP contribution in [0.3, 0.4) is 0 Å². The Hall–Kier alpha value is -2.65. The average Bonchev–Trinajstić information content (AvgIpc) is 3.33. The van der Waals surface area contributed by atoms with Gasteiger partial charge in [0.05, 0.1) is 11.8 Å². The van der Waals surface area contributed by atoms with Gasteiger partial charge in [0, 0.05) is 29.5 Å². The molecule has 1 unspecified atom stereocenters. The number of hydrogen-bond donors (Lipinski definition) is 0. The molecule has 0 spiro atoms. The van der Waals surface area contributed by atoms with Gasteiger partial charge in [-0.15, -0.1) is 0 Å². The first-order valence-corrected chi connectivity index (χ1v) is 9.23. The number of aryl methyl sites for hydroxylation is 2. The normalized spacial score (nSPS) is 18.2. The molecule has 2 aliphatic heterocycles. The minimum atomic E-state index is 0.0738. The third-order valence-corrected chi connectivity index (χ3v) is 5.59. The minimum absolute atomic E-state index is 0.0738. The van der Waals surface area contributed by atoms with E-state index in [-0.39, 0.29) is 11.9 Å². The van der Waals surface area contributed by atoms with Gasteiger partial charge in [0.15, 0.2) is 0 Å². The molecule has 3 heterocycles. The number of carbonyl (C=O) groups is 1. The summed E-state index contributed by atoms with van der Waals surface area (Å²) in [5, 5.41) is 0. The van der Waals surface area contributed by atoms with Gasteiger partial charge < -0.3 is 9.30 Å². The Morgan fingerprint density at radius 3 is 2.62 bits per heavy atom. The molecule has 3 nitrogen and oxygen atoms in total. The first kappa shape index (κ1) is 15.6. The van der Waals surface area contributed by atoms with Crippen LogP contribution in [-0.4, -0.2) is 17.0 Å². The van der Waals surface area contributed by atoms with Crippen LogP contribution in [0.25, 0.3) is 16.8 Å². The Morgan fingerprint density at radius 2 is 1.88 bits per heavy atom. The second-order valence-electron chi connectivity index (χ2n) is 7.35. The van der Waals surface area contributed by atoms with Gasteiger partial charge in [0.1, 0.15) is 5.69 Å². The maximum absolute atomic E-state index is 13.3. The van der Waals surface area contributed by atoms with E-state index in [0.29, 0.717) is 0 Å². The zero-order valence-electron chi connectivity index (χ0n) is 15.1. The molecule has 0 radical (unpaired) electrons. The van der Waals surface area contributed by atoms with Crippen LogP contribution in [0, 0.1) is 13.8 Å². The topological polar surface area (TPSA) is 31.2 Å². The monoisotopic (exact) mass is 343 g/mol. The molecule has 0 amide bonds. The van der Waals surface area contributed by atoms with E-state index in [1.54, 1.807) is 0 Å². The molecule has 3 aromatic rings. The molecule has 0 bridgehead atoms. The number of carbonyl (C=O) groups excluding carboxylic acids is 1. The van der Waals surface area contributed by atoms with Gasteiger partial charge in [0.2, 0.25) is 5.78 Å². The molecular formula is C23H21NO2. The average molecular weight is 343 g/mol. The summed E-state index contributed by atoms with van der Waals surface area (Å²) in [4.78, 5) is 13.3. The summed E-state index contributed by atoms with van der Waals surface area (Å²) >= 11 is 0. The van der Waals surface area contributed by atoms with Crippen LogP contribution in [0.2, 0.25) is 0 Å². The molecule has 130 valence electrons. The number of fused-ring (bicyclic) bond motifs is 3. The smallest absolute Gasteiger partial charge is 0.212 e. The number of aromatic nitrogens is 1. The van der Waals surface area contributed by atoms with Crippen molar-refractivity contribution >= 4 is 5.78 Å². The highest BCUT2D eigenvalue weighted by atomic mass is 16.5. The number of hydrogen-bond acceptors (Lipinski definition) is 2. The van der Waals surface area contributed by atoms with Crippen molar-refractivity contribution < 1.29 is 9.53 Å². The summed E-state index contributed by atoms with van der Waals surface area (Å²) in [5.41, 5.74) is 8.21. The van der Waals surface area contributed by atoms with Gasteiger partial charge in [-0.05, 0) is 43.9 Å². The lowest BCUT2D eigenvalue weighted by molar-refractivity contribution is 0.104. The molecular weight excluding hydrogens is 322 g/mol. The predicted molar refractivity (Wildman–Crippen MR) is 102 cm³/mol. The van der Waals surface area contributed by atoms with Crippen molar-refractivity contribution in [3.63, 3.8) is 0 Å². The molecule has 1 saturated heterocycles. The van der Waals surface area contributed by atoms with E-state index in [1.165, 1.54) is 5.56 Å². The van der Waals surface area contributed by atoms with Crippen LogP contribution < -0.4 is 0 Å². The molecule has 1 fully saturated rings. The van der Waals surface area contributed by atoms with Crippen molar-refractivity contribution in [2.24, 2.45) is 0 Å². The Kier molecular flexibility index (Phi) is 3.41. The minimum Gasteiger partial charge on any atom is -0.373 e. The summed E-state index contributed by atoms with van der Waals surface area (Å²) in [6.45, 7) is 4.94. The Balaban J connectivity index is 1.80. The van der Waals surface area contributed by atoms with Crippen LogP contribution >= 0.6 is 0 Å². The predicted octanol–water partition coefficient (Wildman–Crippen LogP) is 5.16. The van der Waals surface area contributed by atoms with Gasteiger partial charge in [-0.25, -0.2) is 0 Å². The highest BCUT2D eigenvalue weighted by molar-refractivity contribution is 6.18. The summed E-state index contributed by atoms with van der Waals surface area (Å²) in [5.74, 6) is 0.114. The summed E-state index contributed by atoms with van der Waals surface area (Å²) in [7, 11) is 0. The van der Waals surface area contributed by atoms with Crippen molar-refractivity contribution in [2.75, 3.05) is 6.61 Å². The molecule has 2 aromatic carbocycles. The lowest BCUT2D eigenvalue weighted by Gasteiger charge is -2.12. The van der Waals surface area contributed by atoms with Crippen molar-refractivity contribution in [2.45, 2.75) is 32.8 Å². The van der Waals surface area contributed by atoms with Crippen LogP contribution in [0.4, 0.5) is 0 Å². The number of ketones is 1. The summed E-state index contributed by atoms with van der Waals surface area (Å²) in [6, 6.07) is 14.4. The van der Waals surface area contributed by atoms with Crippen LogP contribution in [0.5, 0.6) is 0 Å². The van der Waals surface area contributed by atoms with E-state index in [1.807, 2.05) is 12.1 Å². The zero-order chi connectivity index (χ0) is 17.8. The van der Waals surface area contributed by atoms with Crippen molar-refractivity contribution in [1.82, 2.24) is 4.57 Å². The van der Waals surface area contributed by atoms with Crippen LogP contribution in [0.1, 0.15) is 51.7 Å². The fourth-order valence-electron chi connectivity index (χ4n) is 4.30. The fraction of sp³-hybridized carbons (Fsp3) is 0.261. The second-order valence-corrected chi connectivity index (χ2v) is 7.35. The third-order valence-electron chi connectivity index (χ3n) is 5.59. The fourth-order valence-corrected chi connectivity index (χ4v) is 4.30. The third kappa shape index (κ3) is 2.14. The van der Waals surface area contributed by atoms with Gasteiger partial charge in [-0.1, -0.05) is 42.0 Å². The number of nitrogens with zero attached hydrogens (tertiary/aromatic N) is 1. The highest BCUT2D eigenvalue weighted by Gasteiger charge is 2.35. The van der Waals surface area contributed by atoms with E-state index >= 15 is 0 Å². The molecule has 5 rings (SSSR count). The molecule has 0 N–H and O–H groups in total. The lowest BCUT2D eigenvalue weighted by Crippen LogP contribution is -2.01. The Morgan fingerprint density at radius 1 is 1.08 bits per heavy atom. The van der Waals surface area contributed by atoms with Gasteiger partial charge in [-0.3, -0.25) is 4.79 Å². The standard InChI is InChI=1S/C23H21NO2/c1-14-8-10-16(11-9-14)20-18(19-7-4-12-26-19)13-24-21-15(2)5-3-6-17(21)23(25)22(20)24/h3,5-6,8-11,13,19H,4,7,12H2,1-2H3. The van der Waals surface area contributed by atoms with E-state index in [0.717, 1.165) is 58.6 Å². The Bertz CT molecular complexity index is 1020. The molecule has 3 heteroatoms. The number of benzene rings is 2. The molecule has 0 saturated carbocycles. The number of rotatable bonds is 2. The number of ether oxygens (including phenoxy) is 1.